The second kappa shape index (κ2) is 9.54. The maximum Gasteiger partial charge on any atom is 0.298 e. The van der Waals surface area contributed by atoms with E-state index in [4.69, 9.17) is 11.2 Å². The first-order valence-electron chi connectivity index (χ1n) is 10.8. The fraction of sp³-hybridized carbons (Fsp3) is 0.143. The molecule has 0 spiro atoms. The number of hydrogen-bond donors (Lipinski definition) is 1. The number of aryl methyl sites for hydroxylation is 2. The minimum atomic E-state index is -0.677. The first-order chi connectivity index (χ1) is 16.9. The van der Waals surface area contributed by atoms with Crippen LogP contribution in [0.5, 0.6) is 5.75 Å². The zero-order chi connectivity index (χ0) is 25.1. The summed E-state index contributed by atoms with van der Waals surface area (Å²) in [4.78, 5) is 51.4. The summed E-state index contributed by atoms with van der Waals surface area (Å²) in [5.41, 5.74) is 3.20. The van der Waals surface area contributed by atoms with Gasteiger partial charge in [0.2, 0.25) is 0 Å². The monoisotopic (exact) mass is 464 g/mol. The van der Waals surface area contributed by atoms with Crippen molar-refractivity contribution in [3.05, 3.63) is 75.8 Å². The largest absolute Gasteiger partial charge is 0.428 e. The molecule has 0 radical (unpaired) electrons. The van der Waals surface area contributed by atoms with E-state index in [0.717, 1.165) is 16.0 Å². The van der Waals surface area contributed by atoms with Gasteiger partial charge >= 0.3 is 0 Å². The Bertz CT molecular complexity index is 1520. The molecular formula is C28H20N2O5. The van der Waals surface area contributed by atoms with E-state index in [1.807, 2.05) is 31.2 Å². The SMILES string of the molecule is C#CC#CN1C(=O)c2ccc(OC=O)c3c(C(=O)NCCc4cccc(C)c4)cc(C)c(c23)C1=O. The molecule has 0 atom stereocenters. The van der Waals surface area contributed by atoms with Crippen molar-refractivity contribution >= 4 is 35.0 Å². The van der Waals surface area contributed by atoms with Crippen molar-refractivity contribution in [2.45, 2.75) is 20.3 Å². The lowest BCUT2D eigenvalue weighted by Gasteiger charge is -2.25. The lowest BCUT2D eigenvalue weighted by Crippen LogP contribution is -2.37. The Hall–Kier alpha value is -4.88. The fourth-order valence-electron chi connectivity index (χ4n) is 4.25. The summed E-state index contributed by atoms with van der Waals surface area (Å²) in [6.45, 7) is 4.25. The quantitative estimate of drug-likeness (QED) is 0.344. The molecule has 0 bridgehead atoms. The predicted molar refractivity (Wildman–Crippen MR) is 130 cm³/mol. The molecule has 0 saturated heterocycles. The second-order valence-corrected chi connectivity index (χ2v) is 8.01. The van der Waals surface area contributed by atoms with Crippen molar-refractivity contribution in [1.29, 1.82) is 0 Å². The number of carbonyl (C=O) groups excluding carboxylic acids is 4. The summed E-state index contributed by atoms with van der Waals surface area (Å²) in [7, 11) is 0. The molecule has 3 aromatic rings. The standard InChI is InChI=1S/C28H20N2O5/c1-4-5-13-30-27(33)20-9-10-22(35-16-31)24-21(15-18(3)23(25(20)24)28(30)34)26(32)29-12-11-19-8-6-7-17(2)14-19/h1,6-10,14-16H,11-12H2,2-3H3,(H,29,32). The Kier molecular flexibility index (Phi) is 6.35. The third kappa shape index (κ3) is 4.23. The third-order valence-electron chi connectivity index (χ3n) is 5.73. The number of rotatable bonds is 6. The first-order valence-corrected chi connectivity index (χ1v) is 10.8. The minimum Gasteiger partial charge on any atom is -0.428 e. The van der Waals surface area contributed by atoms with Gasteiger partial charge < -0.3 is 10.1 Å². The van der Waals surface area contributed by atoms with Gasteiger partial charge in [-0.15, -0.1) is 6.42 Å². The van der Waals surface area contributed by atoms with Gasteiger partial charge in [0.25, 0.3) is 24.2 Å². The van der Waals surface area contributed by atoms with Gasteiger partial charge in [0.1, 0.15) is 5.75 Å². The van der Waals surface area contributed by atoms with Crippen molar-refractivity contribution in [3.8, 4) is 30.1 Å². The van der Waals surface area contributed by atoms with Gasteiger partial charge in [0, 0.05) is 34.8 Å². The van der Waals surface area contributed by atoms with Crippen LogP contribution in [0.1, 0.15) is 47.8 Å². The van der Waals surface area contributed by atoms with Crippen LogP contribution < -0.4 is 10.1 Å². The van der Waals surface area contributed by atoms with Crippen molar-refractivity contribution in [2.24, 2.45) is 0 Å². The molecule has 7 heteroatoms. The van der Waals surface area contributed by atoms with Crippen LogP contribution in [-0.2, 0) is 11.2 Å². The molecule has 1 N–H and O–H groups in total. The van der Waals surface area contributed by atoms with E-state index < -0.39 is 17.7 Å². The van der Waals surface area contributed by atoms with Crippen LogP contribution in [0.25, 0.3) is 10.8 Å². The van der Waals surface area contributed by atoms with E-state index in [1.54, 1.807) is 13.0 Å². The van der Waals surface area contributed by atoms with Crippen LogP contribution in [0.3, 0.4) is 0 Å². The van der Waals surface area contributed by atoms with Crippen LogP contribution in [0.4, 0.5) is 0 Å². The number of terminal acetylenes is 1. The molecular weight excluding hydrogens is 444 g/mol. The minimum absolute atomic E-state index is 0.0626. The smallest absolute Gasteiger partial charge is 0.298 e. The van der Waals surface area contributed by atoms with Gasteiger partial charge in [0.05, 0.1) is 11.1 Å². The fourth-order valence-corrected chi connectivity index (χ4v) is 4.25. The predicted octanol–water partition coefficient (Wildman–Crippen LogP) is 3.15. The average Bonchev–Trinajstić information content (AvgIpc) is 2.83. The second-order valence-electron chi connectivity index (χ2n) is 8.01. The number of benzene rings is 3. The average molecular weight is 464 g/mol. The van der Waals surface area contributed by atoms with E-state index in [1.165, 1.54) is 12.1 Å². The summed E-state index contributed by atoms with van der Waals surface area (Å²) in [5, 5.41) is 3.32. The van der Waals surface area contributed by atoms with Gasteiger partial charge in [-0.2, -0.15) is 4.90 Å². The molecule has 1 aliphatic heterocycles. The number of carbonyl (C=O) groups is 4. The number of nitrogens with zero attached hydrogens (tertiary/aromatic N) is 1. The van der Waals surface area contributed by atoms with Gasteiger partial charge in [-0.05, 0) is 55.5 Å². The molecule has 7 nitrogen and oxygen atoms in total. The highest BCUT2D eigenvalue weighted by atomic mass is 16.5. The van der Waals surface area contributed by atoms with E-state index in [0.29, 0.717) is 18.5 Å². The van der Waals surface area contributed by atoms with E-state index in [-0.39, 0.29) is 39.7 Å². The summed E-state index contributed by atoms with van der Waals surface area (Å²) in [5.74, 6) is 2.67. The van der Waals surface area contributed by atoms with E-state index in [9.17, 15) is 19.2 Å². The lowest BCUT2D eigenvalue weighted by atomic mass is 9.87. The van der Waals surface area contributed by atoms with Gasteiger partial charge in [-0.25, -0.2) is 0 Å². The van der Waals surface area contributed by atoms with E-state index >= 15 is 0 Å². The molecule has 0 aliphatic carbocycles. The maximum atomic E-state index is 13.2. The van der Waals surface area contributed by atoms with Crippen molar-refractivity contribution in [3.63, 3.8) is 0 Å². The molecule has 4 rings (SSSR count). The summed E-state index contributed by atoms with van der Waals surface area (Å²) < 4.78 is 5.13. The number of hydrogen-bond acceptors (Lipinski definition) is 5. The van der Waals surface area contributed by atoms with Gasteiger partial charge in [-0.3, -0.25) is 19.2 Å². The normalized spacial score (nSPS) is 12.0. The highest BCUT2D eigenvalue weighted by molar-refractivity contribution is 6.29. The Morgan fingerprint density at radius 2 is 1.91 bits per heavy atom. The molecule has 0 aromatic heterocycles. The Morgan fingerprint density at radius 3 is 2.63 bits per heavy atom. The van der Waals surface area contributed by atoms with Crippen LogP contribution >= 0.6 is 0 Å². The number of imide groups is 1. The van der Waals surface area contributed by atoms with Crippen molar-refractivity contribution in [1.82, 2.24) is 10.2 Å². The number of amides is 3. The highest BCUT2D eigenvalue weighted by Crippen LogP contribution is 2.39. The topological polar surface area (TPSA) is 92.8 Å². The number of ether oxygens (including phenoxy) is 1. The Balaban J connectivity index is 1.80. The highest BCUT2D eigenvalue weighted by Gasteiger charge is 2.36. The maximum absolute atomic E-state index is 13.2. The molecule has 3 amide bonds. The van der Waals surface area contributed by atoms with Crippen LogP contribution in [0.15, 0.2) is 42.5 Å². The summed E-state index contributed by atoms with van der Waals surface area (Å²) in [6, 6.07) is 14.8. The molecule has 0 saturated carbocycles. The zero-order valence-corrected chi connectivity index (χ0v) is 19.1. The summed E-state index contributed by atoms with van der Waals surface area (Å²) in [6.07, 6.45) is 5.78. The van der Waals surface area contributed by atoms with Crippen molar-refractivity contribution in [2.75, 3.05) is 6.54 Å². The van der Waals surface area contributed by atoms with Crippen LogP contribution in [0, 0.1) is 38.2 Å². The lowest BCUT2D eigenvalue weighted by molar-refractivity contribution is -0.120. The zero-order valence-electron chi connectivity index (χ0n) is 19.1. The Labute approximate surface area is 202 Å². The first kappa shape index (κ1) is 23.3. The van der Waals surface area contributed by atoms with E-state index in [2.05, 4.69) is 23.2 Å². The van der Waals surface area contributed by atoms with Crippen molar-refractivity contribution < 1.29 is 23.9 Å². The molecule has 35 heavy (non-hydrogen) atoms. The molecule has 3 aromatic carbocycles. The number of nitrogens with one attached hydrogen (secondary N) is 1. The Morgan fingerprint density at radius 1 is 1.11 bits per heavy atom. The third-order valence-corrected chi connectivity index (χ3v) is 5.73. The molecule has 0 unspecified atom stereocenters. The van der Waals surface area contributed by atoms with Gasteiger partial charge in [-0.1, -0.05) is 29.8 Å². The van der Waals surface area contributed by atoms with Crippen LogP contribution in [0.2, 0.25) is 0 Å². The summed E-state index contributed by atoms with van der Waals surface area (Å²) >= 11 is 0. The van der Waals surface area contributed by atoms with Gasteiger partial charge in [0.15, 0.2) is 0 Å². The molecule has 1 heterocycles. The molecule has 1 aliphatic rings. The molecule has 0 fully saturated rings. The molecule has 172 valence electrons. The van der Waals surface area contributed by atoms with Crippen LogP contribution in [-0.4, -0.2) is 35.6 Å².